The molecule has 2 aromatic rings. The van der Waals surface area contributed by atoms with Crippen molar-refractivity contribution < 1.29 is 5.21 Å². The molecule has 0 radical (unpaired) electrons. The lowest BCUT2D eigenvalue weighted by molar-refractivity contribution is 0.318. The summed E-state index contributed by atoms with van der Waals surface area (Å²) in [7, 11) is 0. The van der Waals surface area contributed by atoms with Crippen LogP contribution in [0.1, 0.15) is 16.8 Å². The number of pyridine rings is 1. The molecule has 0 fully saturated rings. The fraction of sp³-hybridized carbons (Fsp3) is 0.143. The quantitative estimate of drug-likeness (QED) is 0.393. The number of amidine groups is 1. The highest BCUT2D eigenvalue weighted by Gasteiger charge is 2.11. The van der Waals surface area contributed by atoms with Gasteiger partial charge in [-0.2, -0.15) is 0 Å². The van der Waals surface area contributed by atoms with Gasteiger partial charge in [0.05, 0.1) is 0 Å². The molecular formula is C14H14ClN3OS. The number of nitrogens with two attached hydrogens (primary N) is 1. The summed E-state index contributed by atoms with van der Waals surface area (Å²) >= 11 is 7.41. The number of hydrogen-bond donors (Lipinski definition) is 2. The Bertz CT molecular complexity index is 653. The highest BCUT2D eigenvalue weighted by atomic mass is 35.5. The number of nitrogens with zero attached hydrogens (tertiary/aromatic N) is 2. The van der Waals surface area contributed by atoms with Crippen LogP contribution < -0.4 is 5.73 Å². The Hall–Kier alpha value is -1.72. The van der Waals surface area contributed by atoms with E-state index >= 15 is 0 Å². The first-order valence-corrected chi connectivity index (χ1v) is 7.09. The van der Waals surface area contributed by atoms with Crippen molar-refractivity contribution in [3.63, 3.8) is 0 Å². The fourth-order valence-electron chi connectivity index (χ4n) is 1.81. The minimum Gasteiger partial charge on any atom is -0.409 e. The van der Waals surface area contributed by atoms with E-state index in [9.17, 15) is 0 Å². The van der Waals surface area contributed by atoms with Gasteiger partial charge in [0.25, 0.3) is 0 Å². The van der Waals surface area contributed by atoms with Crippen molar-refractivity contribution >= 4 is 29.2 Å². The number of aromatic nitrogens is 1. The van der Waals surface area contributed by atoms with E-state index in [-0.39, 0.29) is 5.84 Å². The van der Waals surface area contributed by atoms with E-state index in [4.69, 9.17) is 22.5 Å². The smallest absolute Gasteiger partial charge is 0.171 e. The second-order valence-electron chi connectivity index (χ2n) is 4.35. The van der Waals surface area contributed by atoms with Gasteiger partial charge in [0.2, 0.25) is 0 Å². The third-order valence-electron chi connectivity index (χ3n) is 2.61. The number of benzene rings is 1. The number of aryl methyl sites for hydroxylation is 2. The standard InChI is InChI=1S/C14H14ClN3OS/c1-8-5-9(2)17-13(6-8)20-12-4-3-10(15)7-11(12)14(16)18-19/h3-7,19H,1-2H3,(H2,16,18). The molecule has 1 heterocycles. The maximum absolute atomic E-state index is 8.85. The van der Waals surface area contributed by atoms with Crippen LogP contribution in [0, 0.1) is 13.8 Å². The van der Waals surface area contributed by atoms with Crippen molar-refractivity contribution in [2.75, 3.05) is 0 Å². The molecule has 0 atom stereocenters. The summed E-state index contributed by atoms with van der Waals surface area (Å²) in [5.74, 6) is 0.0272. The minimum atomic E-state index is 0.0272. The highest BCUT2D eigenvalue weighted by molar-refractivity contribution is 7.99. The average molecular weight is 308 g/mol. The molecule has 20 heavy (non-hydrogen) atoms. The van der Waals surface area contributed by atoms with Gasteiger partial charge in [-0.15, -0.1) is 0 Å². The van der Waals surface area contributed by atoms with Crippen LogP contribution in [0.5, 0.6) is 0 Å². The third kappa shape index (κ3) is 3.43. The van der Waals surface area contributed by atoms with Crippen molar-refractivity contribution in [3.8, 4) is 0 Å². The van der Waals surface area contributed by atoms with Gasteiger partial charge in [-0.1, -0.05) is 28.5 Å². The van der Waals surface area contributed by atoms with Gasteiger partial charge >= 0.3 is 0 Å². The van der Waals surface area contributed by atoms with Gasteiger partial charge in [0, 0.05) is 21.2 Å². The van der Waals surface area contributed by atoms with Crippen LogP contribution in [0.3, 0.4) is 0 Å². The van der Waals surface area contributed by atoms with Crippen molar-refractivity contribution in [2.24, 2.45) is 10.9 Å². The zero-order valence-electron chi connectivity index (χ0n) is 11.1. The SMILES string of the molecule is Cc1cc(C)nc(Sc2ccc(Cl)cc2/C(N)=N/O)c1. The van der Waals surface area contributed by atoms with Crippen LogP contribution in [0.2, 0.25) is 5.02 Å². The Morgan fingerprint density at radius 1 is 1.30 bits per heavy atom. The molecule has 0 bridgehead atoms. The van der Waals surface area contributed by atoms with E-state index in [2.05, 4.69) is 10.1 Å². The molecule has 0 spiro atoms. The van der Waals surface area contributed by atoms with E-state index < -0.39 is 0 Å². The number of oxime groups is 1. The summed E-state index contributed by atoms with van der Waals surface area (Å²) in [6.07, 6.45) is 0. The van der Waals surface area contributed by atoms with Crippen LogP contribution in [-0.2, 0) is 0 Å². The van der Waals surface area contributed by atoms with Crippen LogP contribution >= 0.6 is 23.4 Å². The molecule has 4 nitrogen and oxygen atoms in total. The molecule has 0 saturated carbocycles. The Morgan fingerprint density at radius 3 is 2.70 bits per heavy atom. The molecule has 104 valence electrons. The number of rotatable bonds is 3. The Labute approximate surface area is 126 Å². The maximum Gasteiger partial charge on any atom is 0.171 e. The lowest BCUT2D eigenvalue weighted by atomic mass is 10.2. The molecule has 2 rings (SSSR count). The lowest BCUT2D eigenvalue weighted by Gasteiger charge is -2.09. The van der Waals surface area contributed by atoms with Crippen molar-refractivity contribution in [1.29, 1.82) is 0 Å². The topological polar surface area (TPSA) is 71.5 Å². The Balaban J connectivity index is 2.43. The normalized spacial score (nSPS) is 11.7. The summed E-state index contributed by atoms with van der Waals surface area (Å²) in [5.41, 5.74) is 8.36. The van der Waals surface area contributed by atoms with Crippen LogP contribution in [0.15, 0.2) is 45.4 Å². The van der Waals surface area contributed by atoms with Gasteiger partial charge in [0.15, 0.2) is 5.84 Å². The molecule has 1 aromatic carbocycles. The van der Waals surface area contributed by atoms with Crippen LogP contribution in [0.25, 0.3) is 0 Å². The van der Waals surface area contributed by atoms with E-state index in [0.717, 1.165) is 21.2 Å². The summed E-state index contributed by atoms with van der Waals surface area (Å²) in [6.45, 7) is 3.97. The largest absolute Gasteiger partial charge is 0.409 e. The monoisotopic (exact) mass is 307 g/mol. The predicted molar refractivity (Wildman–Crippen MR) is 81.8 cm³/mol. The van der Waals surface area contributed by atoms with Crippen molar-refractivity contribution in [2.45, 2.75) is 23.8 Å². The Kier molecular flexibility index (Phi) is 4.52. The summed E-state index contributed by atoms with van der Waals surface area (Å²) in [4.78, 5) is 5.30. The molecule has 0 aliphatic carbocycles. The molecule has 6 heteroatoms. The highest BCUT2D eigenvalue weighted by Crippen LogP contribution is 2.31. The van der Waals surface area contributed by atoms with E-state index in [0.29, 0.717) is 10.6 Å². The number of halogens is 1. The molecule has 0 saturated heterocycles. The van der Waals surface area contributed by atoms with Gasteiger partial charge < -0.3 is 10.9 Å². The second-order valence-corrected chi connectivity index (χ2v) is 5.85. The minimum absolute atomic E-state index is 0.0272. The van der Waals surface area contributed by atoms with E-state index in [1.807, 2.05) is 32.0 Å². The first-order chi connectivity index (χ1) is 9.49. The van der Waals surface area contributed by atoms with Crippen molar-refractivity contribution in [3.05, 3.63) is 52.2 Å². The summed E-state index contributed by atoms with van der Waals surface area (Å²) in [5, 5.41) is 13.3. The summed E-state index contributed by atoms with van der Waals surface area (Å²) in [6, 6.07) is 9.26. The van der Waals surface area contributed by atoms with Crippen LogP contribution in [0.4, 0.5) is 0 Å². The van der Waals surface area contributed by atoms with Crippen molar-refractivity contribution in [1.82, 2.24) is 4.98 Å². The third-order valence-corrected chi connectivity index (χ3v) is 3.84. The predicted octanol–water partition coefficient (Wildman–Crippen LogP) is 3.60. The van der Waals surface area contributed by atoms with E-state index in [1.54, 1.807) is 12.1 Å². The first-order valence-electron chi connectivity index (χ1n) is 5.90. The molecule has 1 aromatic heterocycles. The second kappa shape index (κ2) is 6.15. The molecule has 0 aliphatic heterocycles. The molecule has 0 amide bonds. The number of hydrogen-bond acceptors (Lipinski definition) is 4. The van der Waals surface area contributed by atoms with Gasteiger partial charge in [-0.25, -0.2) is 4.98 Å². The fourth-order valence-corrected chi connectivity index (χ4v) is 3.06. The van der Waals surface area contributed by atoms with E-state index in [1.165, 1.54) is 11.8 Å². The van der Waals surface area contributed by atoms with Gasteiger partial charge in [-0.3, -0.25) is 0 Å². The molecular weight excluding hydrogens is 294 g/mol. The van der Waals surface area contributed by atoms with Gasteiger partial charge in [-0.05, 0) is 49.7 Å². The maximum atomic E-state index is 8.85. The summed E-state index contributed by atoms with van der Waals surface area (Å²) < 4.78 is 0. The zero-order chi connectivity index (χ0) is 14.7. The molecule has 3 N–H and O–H groups in total. The van der Waals surface area contributed by atoms with Crippen LogP contribution in [-0.4, -0.2) is 16.0 Å². The molecule has 0 unspecified atom stereocenters. The first kappa shape index (κ1) is 14.7. The van der Waals surface area contributed by atoms with Gasteiger partial charge in [0.1, 0.15) is 5.03 Å². The lowest BCUT2D eigenvalue weighted by Crippen LogP contribution is -2.14. The Morgan fingerprint density at radius 2 is 2.05 bits per heavy atom. The average Bonchev–Trinajstić information content (AvgIpc) is 2.38. The zero-order valence-corrected chi connectivity index (χ0v) is 12.7. The molecule has 0 aliphatic rings.